The highest BCUT2D eigenvalue weighted by Crippen LogP contribution is 2.29. The van der Waals surface area contributed by atoms with E-state index in [9.17, 15) is 9.59 Å². The second-order valence-corrected chi connectivity index (χ2v) is 6.42. The van der Waals surface area contributed by atoms with Crippen LogP contribution in [0, 0.1) is 6.92 Å². The number of anilines is 1. The molecule has 150 valence electrons. The maximum Gasteiger partial charge on any atom is 0.310 e. The monoisotopic (exact) mass is 405 g/mol. The zero-order valence-corrected chi connectivity index (χ0v) is 17.0. The Balaban J connectivity index is 1.89. The summed E-state index contributed by atoms with van der Waals surface area (Å²) in [5.74, 6) is 0.217. The van der Waals surface area contributed by atoms with Crippen LogP contribution in [0.15, 0.2) is 36.4 Å². The van der Waals surface area contributed by atoms with E-state index in [-0.39, 0.29) is 6.42 Å². The highest BCUT2D eigenvalue weighted by atomic mass is 35.5. The van der Waals surface area contributed by atoms with Gasteiger partial charge in [-0.3, -0.25) is 9.59 Å². The van der Waals surface area contributed by atoms with Gasteiger partial charge in [-0.2, -0.15) is 0 Å². The Hall–Kier alpha value is -2.73. The summed E-state index contributed by atoms with van der Waals surface area (Å²) in [5.41, 5.74) is 2.16. The molecule has 28 heavy (non-hydrogen) atoms. The molecule has 1 amide bonds. The van der Waals surface area contributed by atoms with Gasteiger partial charge in [0.1, 0.15) is 0 Å². The number of ether oxygens (including phenoxy) is 3. The van der Waals surface area contributed by atoms with E-state index < -0.39 is 18.5 Å². The minimum Gasteiger partial charge on any atom is -0.490 e. The van der Waals surface area contributed by atoms with Crippen LogP contribution in [0.4, 0.5) is 5.69 Å². The molecular weight excluding hydrogens is 382 g/mol. The predicted molar refractivity (Wildman–Crippen MR) is 108 cm³/mol. The fourth-order valence-corrected chi connectivity index (χ4v) is 2.76. The molecule has 2 aromatic carbocycles. The van der Waals surface area contributed by atoms with Gasteiger partial charge in [-0.05, 0) is 56.2 Å². The maximum absolute atomic E-state index is 12.1. The first kappa shape index (κ1) is 21.6. The summed E-state index contributed by atoms with van der Waals surface area (Å²) in [5, 5.41) is 3.05. The van der Waals surface area contributed by atoms with Crippen molar-refractivity contribution < 1.29 is 23.8 Å². The zero-order valence-electron chi connectivity index (χ0n) is 16.2. The highest BCUT2D eigenvalue weighted by Gasteiger charge is 2.13. The molecule has 0 radical (unpaired) electrons. The lowest BCUT2D eigenvalue weighted by atomic mass is 10.1. The van der Waals surface area contributed by atoms with E-state index in [0.717, 1.165) is 5.56 Å². The van der Waals surface area contributed by atoms with Gasteiger partial charge in [-0.1, -0.05) is 23.7 Å². The van der Waals surface area contributed by atoms with Gasteiger partial charge >= 0.3 is 5.97 Å². The molecule has 0 atom stereocenters. The van der Waals surface area contributed by atoms with Crippen LogP contribution in [0.3, 0.4) is 0 Å². The molecule has 2 rings (SSSR count). The lowest BCUT2D eigenvalue weighted by Crippen LogP contribution is -2.21. The van der Waals surface area contributed by atoms with E-state index in [1.54, 1.807) is 30.3 Å². The SMILES string of the molecule is CCOc1ccc(CC(=O)OCC(=O)Nc2ccc(C)cc2Cl)cc1OCC. The number of carbonyl (C=O) groups excluding carboxylic acids is 2. The molecule has 0 saturated carbocycles. The smallest absolute Gasteiger partial charge is 0.310 e. The van der Waals surface area contributed by atoms with Gasteiger partial charge in [-0.15, -0.1) is 0 Å². The van der Waals surface area contributed by atoms with Crippen molar-refractivity contribution in [3.63, 3.8) is 0 Å². The number of rotatable bonds is 9. The second kappa shape index (κ2) is 10.6. The van der Waals surface area contributed by atoms with Crippen LogP contribution in [-0.2, 0) is 20.7 Å². The largest absolute Gasteiger partial charge is 0.490 e. The third-order valence-electron chi connectivity index (χ3n) is 3.72. The Kier molecular flexibility index (Phi) is 8.14. The molecule has 0 saturated heterocycles. The van der Waals surface area contributed by atoms with Gasteiger partial charge in [0.2, 0.25) is 0 Å². The van der Waals surface area contributed by atoms with Crippen molar-refractivity contribution in [1.29, 1.82) is 0 Å². The van der Waals surface area contributed by atoms with E-state index in [0.29, 0.717) is 41.0 Å². The summed E-state index contributed by atoms with van der Waals surface area (Å²) in [6.45, 7) is 6.26. The van der Waals surface area contributed by atoms with Crippen LogP contribution in [0.2, 0.25) is 5.02 Å². The van der Waals surface area contributed by atoms with E-state index in [4.69, 9.17) is 25.8 Å². The summed E-state index contributed by atoms with van der Waals surface area (Å²) in [7, 11) is 0. The summed E-state index contributed by atoms with van der Waals surface area (Å²) in [6, 6.07) is 10.5. The third-order valence-corrected chi connectivity index (χ3v) is 4.03. The predicted octanol–water partition coefficient (Wildman–Crippen LogP) is 4.17. The first-order chi connectivity index (χ1) is 13.4. The van der Waals surface area contributed by atoms with Gasteiger partial charge in [0.15, 0.2) is 18.1 Å². The second-order valence-electron chi connectivity index (χ2n) is 6.02. The molecule has 0 aliphatic rings. The van der Waals surface area contributed by atoms with Crippen molar-refractivity contribution >= 4 is 29.2 Å². The maximum atomic E-state index is 12.1. The minimum absolute atomic E-state index is 0.0189. The lowest BCUT2D eigenvalue weighted by Gasteiger charge is -2.12. The number of halogens is 1. The lowest BCUT2D eigenvalue weighted by molar-refractivity contribution is -0.146. The standard InChI is InChI=1S/C21H24ClNO5/c1-4-26-18-9-7-15(11-19(18)27-5-2)12-21(25)28-13-20(24)23-17-8-6-14(3)10-16(17)22/h6-11H,4-5,12-13H2,1-3H3,(H,23,24). The summed E-state index contributed by atoms with van der Waals surface area (Å²) < 4.78 is 16.1. The summed E-state index contributed by atoms with van der Waals surface area (Å²) >= 11 is 6.07. The molecule has 0 spiro atoms. The molecule has 0 bridgehead atoms. The Morgan fingerprint density at radius 1 is 1.00 bits per heavy atom. The normalized spacial score (nSPS) is 10.3. The fraction of sp³-hybridized carbons (Fsp3) is 0.333. The highest BCUT2D eigenvalue weighted by molar-refractivity contribution is 6.33. The Labute approximate surface area is 169 Å². The van der Waals surface area contributed by atoms with Gasteiger partial charge in [0.05, 0.1) is 30.3 Å². The quantitative estimate of drug-likeness (QED) is 0.634. The average molecular weight is 406 g/mol. The van der Waals surface area contributed by atoms with Gasteiger partial charge in [0, 0.05) is 0 Å². The minimum atomic E-state index is -0.517. The zero-order chi connectivity index (χ0) is 20.5. The molecule has 0 aliphatic carbocycles. The first-order valence-electron chi connectivity index (χ1n) is 9.03. The van der Waals surface area contributed by atoms with Crippen LogP contribution in [0.5, 0.6) is 11.5 Å². The summed E-state index contributed by atoms with van der Waals surface area (Å²) in [6.07, 6.45) is 0.0189. The molecule has 0 aromatic heterocycles. The number of aryl methyl sites for hydroxylation is 1. The van der Waals surface area contributed by atoms with Crippen molar-refractivity contribution in [2.45, 2.75) is 27.2 Å². The molecule has 0 fully saturated rings. The van der Waals surface area contributed by atoms with Crippen molar-refractivity contribution in [3.05, 3.63) is 52.5 Å². The van der Waals surface area contributed by atoms with E-state index in [2.05, 4.69) is 5.32 Å². The van der Waals surface area contributed by atoms with Crippen LogP contribution in [0.25, 0.3) is 0 Å². The van der Waals surface area contributed by atoms with Crippen LogP contribution < -0.4 is 14.8 Å². The average Bonchev–Trinajstić information content (AvgIpc) is 2.65. The number of benzene rings is 2. The Morgan fingerprint density at radius 2 is 1.71 bits per heavy atom. The molecule has 0 heterocycles. The van der Waals surface area contributed by atoms with Gasteiger partial charge in [0.25, 0.3) is 5.91 Å². The number of nitrogens with one attached hydrogen (secondary N) is 1. The molecule has 2 aromatic rings. The van der Waals surface area contributed by atoms with Crippen LogP contribution >= 0.6 is 11.6 Å². The van der Waals surface area contributed by atoms with Gasteiger partial charge < -0.3 is 19.5 Å². The molecule has 0 aliphatic heterocycles. The van der Waals surface area contributed by atoms with Crippen molar-refractivity contribution in [3.8, 4) is 11.5 Å². The first-order valence-corrected chi connectivity index (χ1v) is 9.40. The Bertz CT molecular complexity index is 838. The van der Waals surface area contributed by atoms with Crippen molar-refractivity contribution in [2.24, 2.45) is 0 Å². The van der Waals surface area contributed by atoms with Crippen molar-refractivity contribution in [1.82, 2.24) is 0 Å². The molecule has 7 heteroatoms. The Morgan fingerprint density at radius 3 is 2.39 bits per heavy atom. The fourth-order valence-electron chi connectivity index (χ4n) is 2.48. The molecule has 1 N–H and O–H groups in total. The number of carbonyl (C=O) groups is 2. The number of hydrogen-bond donors (Lipinski definition) is 1. The van der Waals surface area contributed by atoms with Crippen LogP contribution in [0.1, 0.15) is 25.0 Å². The number of hydrogen-bond acceptors (Lipinski definition) is 5. The van der Waals surface area contributed by atoms with E-state index >= 15 is 0 Å². The number of amides is 1. The molecular formula is C21H24ClNO5. The molecule has 6 nitrogen and oxygen atoms in total. The van der Waals surface area contributed by atoms with E-state index in [1.807, 2.05) is 26.8 Å². The summed E-state index contributed by atoms with van der Waals surface area (Å²) in [4.78, 5) is 24.0. The van der Waals surface area contributed by atoms with E-state index in [1.165, 1.54) is 0 Å². The van der Waals surface area contributed by atoms with Gasteiger partial charge in [-0.25, -0.2) is 0 Å². The van der Waals surface area contributed by atoms with Crippen molar-refractivity contribution in [2.75, 3.05) is 25.1 Å². The third kappa shape index (κ3) is 6.46. The number of esters is 1. The molecule has 0 unspecified atom stereocenters. The van der Waals surface area contributed by atoms with Crippen LogP contribution in [-0.4, -0.2) is 31.7 Å². The topological polar surface area (TPSA) is 73.9 Å².